The highest BCUT2D eigenvalue weighted by Crippen LogP contribution is 2.22. The molecule has 0 rings (SSSR count). The van der Waals surface area contributed by atoms with E-state index in [-0.39, 0.29) is 36.3 Å². The minimum absolute atomic E-state index is 0.160. The smallest absolute Gasteiger partial charge is 0.133 e. The lowest BCUT2D eigenvalue weighted by Crippen LogP contribution is -2.38. The zero-order valence-corrected chi connectivity index (χ0v) is 45.8. The lowest BCUT2D eigenvalue weighted by Gasteiger charge is -2.27. The number of aliphatic hydroxyl groups excluding tert-OH is 4. The summed E-state index contributed by atoms with van der Waals surface area (Å²) in [4.78, 5) is 28.0. The Labute approximate surface area is 412 Å². The molecule has 4 N–H and O–H groups in total. The summed E-state index contributed by atoms with van der Waals surface area (Å²) in [6.45, 7) is 22.7. The monoisotopic (exact) mass is 939 g/mol. The van der Waals surface area contributed by atoms with Gasteiger partial charge in [0.25, 0.3) is 0 Å². The third-order valence-electron chi connectivity index (χ3n) is 14.2. The van der Waals surface area contributed by atoms with Gasteiger partial charge < -0.3 is 20.4 Å². The van der Waals surface area contributed by atoms with E-state index in [1.165, 1.54) is 135 Å². The van der Waals surface area contributed by atoms with E-state index >= 15 is 0 Å². The fourth-order valence-corrected chi connectivity index (χ4v) is 9.95. The molecule has 0 saturated heterocycles. The second kappa shape index (κ2) is 49.1. The van der Waals surface area contributed by atoms with Crippen LogP contribution in [0, 0.1) is 17.8 Å². The largest absolute Gasteiger partial charge is 0.392 e. The van der Waals surface area contributed by atoms with Crippen LogP contribution in [-0.2, 0) is 9.59 Å². The third-order valence-corrected chi connectivity index (χ3v) is 14.2. The van der Waals surface area contributed by atoms with Gasteiger partial charge >= 0.3 is 0 Å². The maximum absolute atomic E-state index is 11.7. The first-order valence-corrected chi connectivity index (χ1v) is 28.9. The number of aliphatic hydroxyl groups is 4. The van der Waals surface area contributed by atoms with Crippen molar-refractivity contribution in [3.8, 4) is 0 Å². The van der Waals surface area contributed by atoms with Crippen LogP contribution in [0.5, 0.6) is 0 Å². The van der Waals surface area contributed by atoms with Crippen molar-refractivity contribution >= 4 is 11.6 Å². The number of nitrogens with zero attached hydrogens (tertiary/aromatic N) is 2. The van der Waals surface area contributed by atoms with Gasteiger partial charge in [0.2, 0.25) is 0 Å². The lowest BCUT2D eigenvalue weighted by atomic mass is 9.85. The molecule has 7 unspecified atom stereocenters. The Morgan fingerprint density at radius 2 is 0.712 bits per heavy atom. The molecule has 396 valence electrons. The summed E-state index contributed by atoms with van der Waals surface area (Å²) in [5, 5.41) is 41.7. The van der Waals surface area contributed by atoms with Gasteiger partial charge in [-0.1, -0.05) is 202 Å². The Hall–Kier alpha value is -0.900. The fourth-order valence-electron chi connectivity index (χ4n) is 9.95. The first kappa shape index (κ1) is 67.2. The molecule has 66 heavy (non-hydrogen) atoms. The van der Waals surface area contributed by atoms with E-state index in [2.05, 4.69) is 51.3 Å². The van der Waals surface area contributed by atoms with Crippen molar-refractivity contribution in [2.75, 3.05) is 39.3 Å². The molecule has 0 aromatic heterocycles. The Bertz CT molecular complexity index is 1000. The summed E-state index contributed by atoms with van der Waals surface area (Å²) in [6.07, 6.45) is 39.0. The number of ketones is 2. The maximum atomic E-state index is 11.7. The topological polar surface area (TPSA) is 122 Å². The van der Waals surface area contributed by atoms with Gasteiger partial charge in [-0.3, -0.25) is 19.4 Å². The minimum atomic E-state index is -0.386. The second-order valence-corrected chi connectivity index (χ2v) is 21.1. The van der Waals surface area contributed by atoms with E-state index in [1.807, 2.05) is 6.92 Å². The van der Waals surface area contributed by atoms with Crippen LogP contribution in [0.2, 0.25) is 0 Å². The second-order valence-electron chi connectivity index (χ2n) is 21.1. The van der Waals surface area contributed by atoms with Crippen molar-refractivity contribution in [3.05, 3.63) is 0 Å². The Morgan fingerprint density at radius 3 is 1.03 bits per heavy atom. The molecule has 0 fully saturated rings. The van der Waals surface area contributed by atoms with E-state index in [1.54, 1.807) is 13.8 Å². The first-order valence-electron chi connectivity index (χ1n) is 28.9. The van der Waals surface area contributed by atoms with Crippen molar-refractivity contribution in [1.29, 1.82) is 0 Å². The van der Waals surface area contributed by atoms with Gasteiger partial charge in [-0.25, -0.2) is 0 Å². The zero-order valence-electron chi connectivity index (χ0n) is 45.8. The van der Waals surface area contributed by atoms with Crippen LogP contribution in [0.1, 0.15) is 281 Å². The Morgan fingerprint density at radius 1 is 0.379 bits per heavy atom. The first-order chi connectivity index (χ1) is 31.7. The number of unbranched alkanes of at least 4 members (excludes halogenated alkanes) is 22. The highest BCUT2D eigenvalue weighted by molar-refractivity contribution is 5.78. The summed E-state index contributed by atoms with van der Waals surface area (Å²) in [7, 11) is 0. The molecule has 0 aromatic carbocycles. The molecule has 0 radical (unpaired) electrons. The summed E-state index contributed by atoms with van der Waals surface area (Å²) in [5.41, 5.74) is 0. The standard InChI is InChI=1S/C33H67NO3.C25H51NO3/c1-5-8-10-12-14-16-18-20-25-32(36)28-34(27-23-22-24-31(7-3)30(4)35)29-33(37)26-21-19-17-15-13-11-9-6-2;1-6-8-9-10-11-12-13-14-17-24(29)20-26(19-22(4)27)18-15-16-21(3)25(7-2)23(5)28/h31-33,36-37H,5-29H2,1-4H3;21-22,24-25,27,29H,6-20H2,1-5H3. The Balaban J connectivity index is 0. The normalized spacial score (nSPS) is 15.0. The molecule has 0 aliphatic rings. The van der Waals surface area contributed by atoms with E-state index in [0.29, 0.717) is 43.7 Å². The van der Waals surface area contributed by atoms with Crippen LogP contribution < -0.4 is 0 Å². The molecule has 0 spiro atoms. The number of rotatable bonds is 49. The van der Waals surface area contributed by atoms with Crippen LogP contribution in [0.3, 0.4) is 0 Å². The molecule has 8 heteroatoms. The number of hydrogen-bond acceptors (Lipinski definition) is 8. The van der Waals surface area contributed by atoms with Crippen LogP contribution in [0.4, 0.5) is 0 Å². The number of carbonyl (C=O) groups is 2. The van der Waals surface area contributed by atoms with Crippen LogP contribution in [-0.4, -0.2) is 105 Å². The molecule has 0 aliphatic carbocycles. The fraction of sp³-hybridized carbons (Fsp3) is 0.966. The van der Waals surface area contributed by atoms with Gasteiger partial charge in [-0.2, -0.15) is 0 Å². The molecule has 0 saturated carbocycles. The van der Waals surface area contributed by atoms with Gasteiger partial charge in [-0.05, 0) is 97.6 Å². The molecule has 7 atom stereocenters. The maximum Gasteiger partial charge on any atom is 0.133 e. The van der Waals surface area contributed by atoms with E-state index in [0.717, 1.165) is 96.6 Å². The molecule has 0 aromatic rings. The van der Waals surface area contributed by atoms with Crippen molar-refractivity contribution < 1.29 is 30.0 Å². The summed E-state index contributed by atoms with van der Waals surface area (Å²) in [6, 6.07) is 0. The SMILES string of the molecule is CCCCCCCCCCC(O)CN(CCCC(C)C(CC)C(C)=O)CC(C)O.CCCCCCCCCCC(O)CN(CCCCC(CC)C(C)=O)CC(O)CCCCCCCCCC. The molecule has 0 aliphatic heterocycles. The quantitative estimate of drug-likeness (QED) is 0.0445. The van der Waals surface area contributed by atoms with Gasteiger partial charge in [-0.15, -0.1) is 0 Å². The van der Waals surface area contributed by atoms with Crippen LogP contribution in [0.25, 0.3) is 0 Å². The minimum Gasteiger partial charge on any atom is -0.392 e. The van der Waals surface area contributed by atoms with Crippen LogP contribution in [0.15, 0.2) is 0 Å². The van der Waals surface area contributed by atoms with Gasteiger partial charge in [0, 0.05) is 38.0 Å². The molecule has 0 bridgehead atoms. The third kappa shape index (κ3) is 44.3. The van der Waals surface area contributed by atoms with E-state index in [4.69, 9.17) is 0 Å². The molecule has 8 nitrogen and oxygen atoms in total. The average Bonchev–Trinajstić information content (AvgIpc) is 3.26. The predicted molar refractivity (Wildman–Crippen MR) is 285 cm³/mol. The van der Waals surface area contributed by atoms with Crippen molar-refractivity contribution in [3.63, 3.8) is 0 Å². The molecular formula is C58H118N2O6. The molecular weight excluding hydrogens is 821 g/mol. The number of carbonyl (C=O) groups excluding carboxylic acids is 2. The highest BCUT2D eigenvalue weighted by Gasteiger charge is 2.21. The van der Waals surface area contributed by atoms with E-state index in [9.17, 15) is 30.0 Å². The van der Waals surface area contributed by atoms with Crippen LogP contribution >= 0.6 is 0 Å². The van der Waals surface area contributed by atoms with Crippen molar-refractivity contribution in [2.24, 2.45) is 17.8 Å². The van der Waals surface area contributed by atoms with Crippen molar-refractivity contribution in [2.45, 2.75) is 305 Å². The number of hydrogen-bond donors (Lipinski definition) is 4. The average molecular weight is 940 g/mol. The van der Waals surface area contributed by atoms with Crippen molar-refractivity contribution in [1.82, 2.24) is 9.80 Å². The zero-order chi connectivity index (χ0) is 49.6. The predicted octanol–water partition coefficient (Wildman–Crippen LogP) is 14.4. The highest BCUT2D eigenvalue weighted by atomic mass is 16.3. The van der Waals surface area contributed by atoms with E-state index < -0.39 is 0 Å². The van der Waals surface area contributed by atoms with Gasteiger partial charge in [0.15, 0.2) is 0 Å². The van der Waals surface area contributed by atoms with Gasteiger partial charge in [0.1, 0.15) is 11.6 Å². The lowest BCUT2D eigenvalue weighted by molar-refractivity contribution is -0.122. The Kier molecular flexibility index (Phi) is 50.0. The molecule has 0 amide bonds. The van der Waals surface area contributed by atoms with Gasteiger partial charge in [0.05, 0.1) is 24.4 Å². The summed E-state index contributed by atoms with van der Waals surface area (Å²) < 4.78 is 0. The number of Topliss-reactive ketones (excluding diaryl/α,β-unsaturated/α-hetero) is 2. The summed E-state index contributed by atoms with van der Waals surface area (Å²) >= 11 is 0. The molecule has 0 heterocycles. The summed E-state index contributed by atoms with van der Waals surface area (Å²) in [5.74, 6) is 1.34.